The van der Waals surface area contributed by atoms with E-state index in [1.54, 1.807) is 12.1 Å². The summed E-state index contributed by atoms with van der Waals surface area (Å²) in [5, 5.41) is 19.3. The van der Waals surface area contributed by atoms with Crippen LogP contribution in [0.25, 0.3) is 0 Å². The number of carbonyl (C=O) groups excluding carboxylic acids is 1. The van der Waals surface area contributed by atoms with Crippen molar-refractivity contribution in [3.63, 3.8) is 0 Å². The molecule has 0 aromatic heterocycles. The first-order chi connectivity index (χ1) is 10.4. The average Bonchev–Trinajstić information content (AvgIpc) is 3.28. The highest BCUT2D eigenvalue weighted by Gasteiger charge is 2.70. The van der Waals surface area contributed by atoms with Crippen LogP contribution in [0.2, 0.25) is 0 Å². The van der Waals surface area contributed by atoms with Gasteiger partial charge in [0.05, 0.1) is 18.1 Å². The molecule has 7 heteroatoms. The first-order valence-electron chi connectivity index (χ1n) is 7.19. The predicted octanol–water partition coefficient (Wildman–Crippen LogP) is 2.68. The topological polar surface area (TPSA) is 94.2 Å². The molecule has 2 atom stereocenters. The van der Waals surface area contributed by atoms with Crippen LogP contribution in [-0.4, -0.2) is 29.6 Å². The van der Waals surface area contributed by atoms with Crippen LogP contribution in [0.4, 0.5) is 5.69 Å². The third kappa shape index (κ3) is 1.92. The van der Waals surface area contributed by atoms with Crippen molar-refractivity contribution in [3.8, 4) is 0 Å². The maximum Gasteiger partial charge on any atom is 0.336 e. The molecule has 1 aromatic rings. The summed E-state index contributed by atoms with van der Waals surface area (Å²) in [4.78, 5) is 22.7. The van der Waals surface area contributed by atoms with Crippen LogP contribution in [0.15, 0.2) is 34.5 Å². The van der Waals surface area contributed by atoms with Crippen LogP contribution in [0, 0.1) is 15.5 Å². The standard InChI is InChI=1S/C15H17N3O4/c1-10-14(7-8-14)15(17-16-10,13(19)22-2)9-11-3-5-12(6-4-11)18(20)21/h3-6,10H,7-9H2,1-2H3/t10-,15-/m0/s1. The molecule has 0 N–H and O–H groups in total. The summed E-state index contributed by atoms with van der Waals surface area (Å²) in [6.45, 7) is 1.97. The van der Waals surface area contributed by atoms with Crippen LogP contribution >= 0.6 is 0 Å². The first-order valence-corrected chi connectivity index (χ1v) is 7.19. The van der Waals surface area contributed by atoms with Crippen molar-refractivity contribution in [2.24, 2.45) is 15.6 Å². The summed E-state index contributed by atoms with van der Waals surface area (Å²) in [5.74, 6) is -0.378. The van der Waals surface area contributed by atoms with Gasteiger partial charge in [0.1, 0.15) is 0 Å². The van der Waals surface area contributed by atoms with Crippen LogP contribution < -0.4 is 0 Å². The number of non-ortho nitro benzene ring substituents is 1. The summed E-state index contributed by atoms with van der Waals surface area (Å²) < 4.78 is 4.99. The second-order valence-corrected chi connectivity index (χ2v) is 6.00. The molecule has 3 rings (SSSR count). The van der Waals surface area contributed by atoms with Gasteiger partial charge in [0.15, 0.2) is 5.54 Å². The average molecular weight is 303 g/mol. The lowest BCUT2D eigenvalue weighted by atomic mass is 9.74. The molecular weight excluding hydrogens is 286 g/mol. The first kappa shape index (κ1) is 14.6. The van der Waals surface area contributed by atoms with E-state index in [9.17, 15) is 14.9 Å². The second kappa shape index (κ2) is 4.86. The third-order valence-corrected chi connectivity index (χ3v) is 4.94. The molecule has 1 aliphatic heterocycles. The number of hydrogen-bond acceptors (Lipinski definition) is 6. The second-order valence-electron chi connectivity index (χ2n) is 6.00. The van der Waals surface area contributed by atoms with Crippen molar-refractivity contribution in [2.45, 2.75) is 37.8 Å². The van der Waals surface area contributed by atoms with Gasteiger partial charge in [0, 0.05) is 24.0 Å². The van der Waals surface area contributed by atoms with E-state index in [1.807, 2.05) is 6.92 Å². The molecule has 1 saturated carbocycles. The Morgan fingerprint density at radius 3 is 2.55 bits per heavy atom. The Balaban J connectivity index is 1.94. The number of carbonyl (C=O) groups is 1. The van der Waals surface area contributed by atoms with E-state index in [2.05, 4.69) is 10.2 Å². The highest BCUT2D eigenvalue weighted by Crippen LogP contribution is 2.63. The number of esters is 1. The van der Waals surface area contributed by atoms with Crippen molar-refractivity contribution in [3.05, 3.63) is 39.9 Å². The highest BCUT2D eigenvalue weighted by atomic mass is 16.6. The molecule has 0 radical (unpaired) electrons. The Morgan fingerprint density at radius 1 is 1.41 bits per heavy atom. The SMILES string of the molecule is COC(=O)[C@]1(Cc2ccc([N+](=O)[O-])cc2)N=N[C@@H](C)C12CC2. The van der Waals surface area contributed by atoms with Gasteiger partial charge in [0.25, 0.3) is 5.69 Å². The lowest BCUT2D eigenvalue weighted by molar-refractivity contribution is -0.384. The highest BCUT2D eigenvalue weighted by molar-refractivity contribution is 5.84. The van der Waals surface area contributed by atoms with E-state index < -0.39 is 10.5 Å². The lowest BCUT2D eigenvalue weighted by Crippen LogP contribution is -2.48. The summed E-state index contributed by atoms with van der Waals surface area (Å²) in [7, 11) is 1.36. The van der Waals surface area contributed by atoms with Gasteiger partial charge in [-0.05, 0) is 25.3 Å². The van der Waals surface area contributed by atoms with Crippen molar-refractivity contribution in [2.75, 3.05) is 7.11 Å². The van der Waals surface area contributed by atoms with Crippen molar-refractivity contribution in [1.82, 2.24) is 0 Å². The number of rotatable bonds is 4. The molecule has 1 aliphatic carbocycles. The molecule has 2 aliphatic rings. The van der Waals surface area contributed by atoms with Crippen LogP contribution in [0.1, 0.15) is 25.3 Å². The summed E-state index contributed by atoms with van der Waals surface area (Å²) in [6.07, 6.45) is 2.14. The Bertz CT molecular complexity index is 651. The number of nitrogens with zero attached hydrogens (tertiary/aromatic N) is 3. The maximum absolute atomic E-state index is 12.4. The van der Waals surface area contributed by atoms with Crippen molar-refractivity contribution >= 4 is 11.7 Å². The predicted molar refractivity (Wildman–Crippen MR) is 77.5 cm³/mol. The van der Waals surface area contributed by atoms with Gasteiger partial charge in [-0.15, -0.1) is 0 Å². The largest absolute Gasteiger partial charge is 0.467 e. The zero-order chi connectivity index (χ0) is 16.0. The number of azo groups is 1. The fourth-order valence-electron chi connectivity index (χ4n) is 3.43. The number of benzene rings is 1. The Kier molecular flexibility index (Phi) is 3.23. The van der Waals surface area contributed by atoms with Gasteiger partial charge in [0.2, 0.25) is 0 Å². The Morgan fingerprint density at radius 2 is 2.05 bits per heavy atom. The van der Waals surface area contributed by atoms with Gasteiger partial charge < -0.3 is 4.74 Å². The third-order valence-electron chi connectivity index (χ3n) is 4.94. The van der Waals surface area contributed by atoms with E-state index in [0.717, 1.165) is 18.4 Å². The molecule has 0 amide bonds. The van der Waals surface area contributed by atoms with E-state index in [0.29, 0.717) is 6.42 Å². The van der Waals surface area contributed by atoms with Gasteiger partial charge in [-0.2, -0.15) is 10.2 Å². The number of nitro benzene ring substituents is 1. The quantitative estimate of drug-likeness (QED) is 0.485. The van der Waals surface area contributed by atoms with E-state index >= 15 is 0 Å². The lowest BCUT2D eigenvalue weighted by Gasteiger charge is -2.30. The minimum Gasteiger partial charge on any atom is -0.467 e. The van der Waals surface area contributed by atoms with Gasteiger partial charge >= 0.3 is 5.97 Å². The molecule has 22 heavy (non-hydrogen) atoms. The molecular formula is C15H17N3O4. The number of methoxy groups -OCH3 is 1. The van der Waals surface area contributed by atoms with Crippen molar-refractivity contribution in [1.29, 1.82) is 0 Å². The Labute approximate surface area is 127 Å². The molecule has 0 bridgehead atoms. The number of hydrogen-bond donors (Lipinski definition) is 0. The smallest absolute Gasteiger partial charge is 0.336 e. The van der Waals surface area contributed by atoms with E-state index in [4.69, 9.17) is 4.74 Å². The number of nitro groups is 1. The fraction of sp³-hybridized carbons (Fsp3) is 0.533. The zero-order valence-electron chi connectivity index (χ0n) is 12.5. The van der Waals surface area contributed by atoms with Gasteiger partial charge in [-0.1, -0.05) is 12.1 Å². The summed E-state index contributed by atoms with van der Waals surface area (Å²) in [6, 6.07) is 6.20. The van der Waals surface area contributed by atoms with Crippen LogP contribution in [0.3, 0.4) is 0 Å². The minimum absolute atomic E-state index is 0.00958. The summed E-state index contributed by atoms with van der Waals surface area (Å²) in [5.41, 5.74) is -0.423. The minimum atomic E-state index is -1.00. The fourth-order valence-corrected chi connectivity index (χ4v) is 3.43. The summed E-state index contributed by atoms with van der Waals surface area (Å²) >= 11 is 0. The maximum atomic E-state index is 12.4. The molecule has 1 spiro atoms. The van der Waals surface area contributed by atoms with Crippen molar-refractivity contribution < 1.29 is 14.5 Å². The number of ether oxygens (including phenoxy) is 1. The molecule has 116 valence electrons. The van der Waals surface area contributed by atoms with E-state index in [1.165, 1.54) is 19.2 Å². The molecule has 1 fully saturated rings. The molecule has 0 saturated heterocycles. The molecule has 0 unspecified atom stereocenters. The normalized spacial score (nSPS) is 27.8. The van der Waals surface area contributed by atoms with Crippen LogP contribution in [-0.2, 0) is 16.0 Å². The monoisotopic (exact) mass is 303 g/mol. The Hall–Kier alpha value is -2.31. The van der Waals surface area contributed by atoms with Gasteiger partial charge in [-0.25, -0.2) is 4.79 Å². The molecule has 1 heterocycles. The molecule has 7 nitrogen and oxygen atoms in total. The molecule has 1 aromatic carbocycles. The van der Waals surface area contributed by atoms with Crippen LogP contribution in [0.5, 0.6) is 0 Å². The van der Waals surface area contributed by atoms with E-state index in [-0.39, 0.29) is 23.1 Å². The van der Waals surface area contributed by atoms with Gasteiger partial charge in [-0.3, -0.25) is 10.1 Å². The zero-order valence-corrected chi connectivity index (χ0v) is 12.5.